The number of methoxy groups -OCH3 is 1. The normalized spacial score (nSPS) is 12.8. The first-order chi connectivity index (χ1) is 16.9. The Morgan fingerprint density at radius 3 is 2.31 bits per heavy atom. The van der Waals surface area contributed by atoms with Gasteiger partial charge in [0.2, 0.25) is 5.91 Å². The summed E-state index contributed by atoms with van der Waals surface area (Å²) in [6.07, 6.45) is 2.13. The number of carbonyl (C=O) groups excluding carboxylic acids is 2. The molecule has 1 heterocycles. The van der Waals surface area contributed by atoms with Crippen molar-refractivity contribution in [1.82, 2.24) is 9.80 Å². The fourth-order valence-corrected chi connectivity index (χ4v) is 4.68. The molecule has 8 heteroatoms. The summed E-state index contributed by atoms with van der Waals surface area (Å²) in [5.41, 5.74) is 1.48. The highest BCUT2D eigenvalue weighted by molar-refractivity contribution is 7.11. The molecule has 1 saturated carbocycles. The minimum atomic E-state index is -0.314. The molecule has 0 saturated heterocycles. The second-order valence-corrected chi connectivity index (χ2v) is 10.2. The van der Waals surface area contributed by atoms with E-state index in [1.807, 2.05) is 19.1 Å². The maximum absolute atomic E-state index is 13.5. The molecular weight excluding hydrogens is 465 g/mol. The smallest absolute Gasteiger partial charge is 0.322 e. The van der Waals surface area contributed by atoms with E-state index >= 15 is 0 Å². The van der Waals surface area contributed by atoms with Crippen molar-refractivity contribution in [2.24, 2.45) is 5.92 Å². The van der Waals surface area contributed by atoms with E-state index in [4.69, 9.17) is 4.74 Å². The maximum Gasteiger partial charge on any atom is 0.322 e. The number of anilines is 1. The molecule has 3 aromatic rings. The fourth-order valence-electron chi connectivity index (χ4n) is 3.77. The van der Waals surface area contributed by atoms with E-state index in [1.165, 1.54) is 17.0 Å². The quantitative estimate of drug-likeness (QED) is 0.394. The number of carbonyl (C=O) groups is 2. The van der Waals surface area contributed by atoms with Gasteiger partial charge in [0.15, 0.2) is 0 Å². The Morgan fingerprint density at radius 1 is 1.00 bits per heavy atom. The Morgan fingerprint density at radius 2 is 1.71 bits per heavy atom. The van der Waals surface area contributed by atoms with Crippen LogP contribution in [-0.2, 0) is 17.9 Å². The monoisotopic (exact) mass is 495 g/mol. The molecule has 0 unspecified atom stereocenters. The van der Waals surface area contributed by atoms with Crippen LogP contribution in [-0.4, -0.2) is 41.9 Å². The van der Waals surface area contributed by atoms with Gasteiger partial charge in [0.1, 0.15) is 18.1 Å². The standard InChI is InChI=1S/C27H30FN3O3S/c1-19-3-14-25(35-19)17-30(15-21-6-8-22(28)9-7-21)26(32)18-31(16-20-4-5-20)27(33)29-23-10-12-24(34-2)13-11-23/h3,6-14,20H,4-5,15-18H2,1-2H3,(H,29,33). The van der Waals surface area contributed by atoms with Crippen LogP contribution in [0.25, 0.3) is 0 Å². The molecule has 0 aliphatic heterocycles. The van der Waals surface area contributed by atoms with Crippen molar-refractivity contribution >= 4 is 29.0 Å². The third-order valence-corrected chi connectivity index (χ3v) is 6.90. The molecule has 1 aromatic heterocycles. The number of amides is 3. The van der Waals surface area contributed by atoms with Gasteiger partial charge < -0.3 is 19.9 Å². The number of ether oxygens (including phenoxy) is 1. The van der Waals surface area contributed by atoms with E-state index in [0.29, 0.717) is 37.0 Å². The molecule has 1 aliphatic rings. The average molecular weight is 496 g/mol. The number of halogens is 1. The number of rotatable bonds is 10. The van der Waals surface area contributed by atoms with Crippen LogP contribution >= 0.6 is 11.3 Å². The van der Waals surface area contributed by atoms with Crippen LogP contribution in [0.4, 0.5) is 14.9 Å². The summed E-state index contributed by atoms with van der Waals surface area (Å²) >= 11 is 1.64. The zero-order valence-electron chi connectivity index (χ0n) is 20.0. The first-order valence-electron chi connectivity index (χ1n) is 11.7. The van der Waals surface area contributed by atoms with Gasteiger partial charge in [-0.25, -0.2) is 9.18 Å². The van der Waals surface area contributed by atoms with Crippen LogP contribution in [0, 0.1) is 18.7 Å². The Labute approximate surface area is 209 Å². The van der Waals surface area contributed by atoms with Crippen molar-refractivity contribution in [3.8, 4) is 5.75 Å². The van der Waals surface area contributed by atoms with E-state index in [0.717, 1.165) is 23.3 Å². The predicted molar refractivity (Wildman–Crippen MR) is 136 cm³/mol. The summed E-state index contributed by atoms with van der Waals surface area (Å²) in [6.45, 7) is 3.32. The first-order valence-corrected chi connectivity index (χ1v) is 12.5. The third-order valence-electron chi connectivity index (χ3n) is 5.91. The fraction of sp³-hybridized carbons (Fsp3) is 0.333. The van der Waals surface area contributed by atoms with Gasteiger partial charge in [0, 0.05) is 28.5 Å². The molecule has 0 atom stereocenters. The predicted octanol–water partition coefficient (Wildman–Crippen LogP) is 5.68. The highest BCUT2D eigenvalue weighted by atomic mass is 32.1. The highest BCUT2D eigenvalue weighted by Gasteiger charge is 2.29. The molecule has 1 fully saturated rings. The average Bonchev–Trinajstić information content (AvgIpc) is 3.58. The van der Waals surface area contributed by atoms with Crippen molar-refractivity contribution in [3.63, 3.8) is 0 Å². The van der Waals surface area contributed by atoms with Crippen molar-refractivity contribution in [2.45, 2.75) is 32.9 Å². The van der Waals surface area contributed by atoms with Crippen LogP contribution in [0.15, 0.2) is 60.7 Å². The number of benzene rings is 2. The van der Waals surface area contributed by atoms with Gasteiger partial charge in [-0.05, 0) is 79.8 Å². The van der Waals surface area contributed by atoms with Crippen LogP contribution in [0.2, 0.25) is 0 Å². The van der Waals surface area contributed by atoms with E-state index in [9.17, 15) is 14.0 Å². The number of thiophene rings is 1. The summed E-state index contributed by atoms with van der Waals surface area (Å²) in [4.78, 5) is 32.2. The molecule has 3 amide bonds. The van der Waals surface area contributed by atoms with Gasteiger partial charge in [0.05, 0.1) is 13.7 Å². The molecule has 2 aromatic carbocycles. The van der Waals surface area contributed by atoms with E-state index in [1.54, 1.807) is 64.6 Å². The second-order valence-electron chi connectivity index (χ2n) is 8.87. The topological polar surface area (TPSA) is 61.9 Å². The number of aryl methyl sites for hydroxylation is 1. The molecule has 184 valence electrons. The zero-order chi connectivity index (χ0) is 24.8. The van der Waals surface area contributed by atoms with Crippen LogP contribution in [0.3, 0.4) is 0 Å². The highest BCUT2D eigenvalue weighted by Crippen LogP contribution is 2.30. The molecular formula is C27H30FN3O3S. The van der Waals surface area contributed by atoms with Gasteiger partial charge in [-0.2, -0.15) is 0 Å². The largest absolute Gasteiger partial charge is 0.497 e. The molecule has 0 spiro atoms. The molecule has 0 bridgehead atoms. The number of nitrogens with one attached hydrogen (secondary N) is 1. The van der Waals surface area contributed by atoms with Gasteiger partial charge in [-0.3, -0.25) is 4.79 Å². The lowest BCUT2D eigenvalue weighted by molar-refractivity contribution is -0.133. The minimum Gasteiger partial charge on any atom is -0.497 e. The van der Waals surface area contributed by atoms with E-state index < -0.39 is 0 Å². The summed E-state index contributed by atoms with van der Waals surface area (Å²) < 4.78 is 18.6. The summed E-state index contributed by atoms with van der Waals surface area (Å²) in [7, 11) is 1.59. The minimum absolute atomic E-state index is 0.0238. The van der Waals surface area contributed by atoms with Crippen LogP contribution < -0.4 is 10.1 Å². The number of nitrogens with zero attached hydrogens (tertiary/aromatic N) is 2. The number of urea groups is 1. The number of hydrogen-bond acceptors (Lipinski definition) is 4. The van der Waals surface area contributed by atoms with E-state index in [2.05, 4.69) is 5.32 Å². The second kappa shape index (κ2) is 11.4. The Balaban J connectivity index is 1.48. The molecule has 1 aliphatic carbocycles. The van der Waals surface area contributed by atoms with Crippen LogP contribution in [0.5, 0.6) is 5.75 Å². The number of hydrogen-bond donors (Lipinski definition) is 1. The van der Waals surface area contributed by atoms with Crippen molar-refractivity contribution in [2.75, 3.05) is 25.5 Å². The SMILES string of the molecule is COc1ccc(NC(=O)N(CC(=O)N(Cc2ccc(F)cc2)Cc2ccc(C)s2)CC2CC2)cc1. The van der Waals surface area contributed by atoms with Gasteiger partial charge in [0.25, 0.3) is 0 Å². The lowest BCUT2D eigenvalue weighted by atomic mass is 10.2. The van der Waals surface area contributed by atoms with Gasteiger partial charge in [-0.15, -0.1) is 11.3 Å². The molecule has 6 nitrogen and oxygen atoms in total. The first kappa shape index (κ1) is 24.7. The van der Waals surface area contributed by atoms with Crippen molar-refractivity contribution in [3.05, 3.63) is 81.8 Å². The molecule has 0 radical (unpaired) electrons. The van der Waals surface area contributed by atoms with Gasteiger partial charge >= 0.3 is 6.03 Å². The Hall–Kier alpha value is -3.39. The lowest BCUT2D eigenvalue weighted by Crippen LogP contribution is -2.45. The molecule has 35 heavy (non-hydrogen) atoms. The summed E-state index contributed by atoms with van der Waals surface area (Å²) in [6, 6.07) is 17.0. The molecule has 1 N–H and O–H groups in total. The van der Waals surface area contributed by atoms with E-state index in [-0.39, 0.29) is 24.3 Å². The summed E-state index contributed by atoms with van der Waals surface area (Å²) in [5.74, 6) is 0.667. The Kier molecular flexibility index (Phi) is 8.02. The Bertz CT molecular complexity index is 1140. The zero-order valence-corrected chi connectivity index (χ0v) is 20.8. The summed E-state index contributed by atoms with van der Waals surface area (Å²) in [5, 5.41) is 2.90. The van der Waals surface area contributed by atoms with Crippen molar-refractivity contribution < 1.29 is 18.7 Å². The molecule has 4 rings (SSSR count). The van der Waals surface area contributed by atoms with Crippen LogP contribution in [0.1, 0.15) is 28.2 Å². The lowest BCUT2D eigenvalue weighted by Gasteiger charge is -2.28. The van der Waals surface area contributed by atoms with Gasteiger partial charge in [-0.1, -0.05) is 12.1 Å². The van der Waals surface area contributed by atoms with Crippen molar-refractivity contribution in [1.29, 1.82) is 0 Å². The third kappa shape index (κ3) is 7.29. The maximum atomic E-state index is 13.5.